The Morgan fingerprint density at radius 3 is 2.78 bits per heavy atom. The fourth-order valence-electron chi connectivity index (χ4n) is 4.22. The van der Waals surface area contributed by atoms with E-state index in [9.17, 15) is 4.79 Å². The fraction of sp³-hybridized carbons (Fsp3) is 0.688. The van der Waals surface area contributed by atoms with E-state index in [0.29, 0.717) is 17.3 Å². The first-order valence-electron chi connectivity index (χ1n) is 7.05. The average molecular weight is 247 g/mol. The van der Waals surface area contributed by atoms with E-state index < -0.39 is 0 Å². The number of rotatable bonds is 3. The minimum atomic E-state index is 0.408. The minimum Gasteiger partial charge on any atom is -0.332 e. The maximum Gasteiger partial charge on any atom is 0.211 e. The van der Waals surface area contributed by atoms with Crippen LogP contribution in [0.15, 0.2) is 23.4 Å². The molecular formula is C16H25NO. The lowest BCUT2D eigenvalue weighted by Crippen LogP contribution is -2.33. The summed E-state index contributed by atoms with van der Waals surface area (Å²) in [6, 6.07) is 0. The Morgan fingerprint density at radius 1 is 1.44 bits per heavy atom. The number of allylic oxidation sites excluding steroid dienone is 3. The lowest BCUT2D eigenvalue weighted by atomic mass is 9.65. The molecule has 18 heavy (non-hydrogen) atoms. The zero-order chi connectivity index (χ0) is 13.3. The zero-order valence-electron chi connectivity index (χ0n) is 11.9. The number of amides is 1. The molecule has 2 aliphatic carbocycles. The van der Waals surface area contributed by atoms with E-state index in [4.69, 9.17) is 0 Å². The highest BCUT2D eigenvalue weighted by atomic mass is 16.1. The molecule has 2 heteroatoms. The van der Waals surface area contributed by atoms with Crippen molar-refractivity contribution in [1.29, 1.82) is 0 Å². The highest BCUT2D eigenvalue weighted by molar-refractivity contribution is 5.51. The summed E-state index contributed by atoms with van der Waals surface area (Å²) in [5.74, 6) is 1.03. The second kappa shape index (κ2) is 4.91. The molecule has 0 aromatic heterocycles. The Labute approximate surface area is 111 Å². The van der Waals surface area contributed by atoms with Gasteiger partial charge < -0.3 is 5.32 Å². The van der Waals surface area contributed by atoms with Crippen LogP contribution in [0.1, 0.15) is 52.9 Å². The smallest absolute Gasteiger partial charge is 0.211 e. The zero-order valence-corrected chi connectivity index (χ0v) is 11.9. The van der Waals surface area contributed by atoms with Crippen LogP contribution in [0.2, 0.25) is 0 Å². The molecular weight excluding hydrogens is 222 g/mol. The van der Waals surface area contributed by atoms with Crippen molar-refractivity contribution >= 4 is 6.41 Å². The van der Waals surface area contributed by atoms with E-state index in [-0.39, 0.29) is 0 Å². The Bertz CT molecular complexity index is 392. The van der Waals surface area contributed by atoms with Gasteiger partial charge in [-0.3, -0.25) is 4.79 Å². The summed E-state index contributed by atoms with van der Waals surface area (Å²) in [4.78, 5) is 10.8. The molecule has 2 fully saturated rings. The van der Waals surface area contributed by atoms with Gasteiger partial charge in [-0.25, -0.2) is 0 Å². The summed E-state index contributed by atoms with van der Waals surface area (Å²) in [5.41, 5.74) is 4.18. The summed E-state index contributed by atoms with van der Waals surface area (Å²) in [7, 11) is 0. The van der Waals surface area contributed by atoms with Gasteiger partial charge in [0.2, 0.25) is 6.41 Å². The van der Waals surface area contributed by atoms with Crippen molar-refractivity contribution in [2.45, 2.75) is 52.9 Å². The molecule has 0 aromatic carbocycles. The number of carbonyl (C=O) groups excluding carboxylic acids is 1. The van der Waals surface area contributed by atoms with Crippen LogP contribution in [0.5, 0.6) is 0 Å². The number of hydrogen-bond acceptors (Lipinski definition) is 1. The van der Waals surface area contributed by atoms with Crippen LogP contribution in [0.3, 0.4) is 0 Å². The number of hydrogen-bond donors (Lipinski definition) is 1. The van der Waals surface area contributed by atoms with E-state index in [1.807, 2.05) is 0 Å². The van der Waals surface area contributed by atoms with Crippen LogP contribution in [-0.2, 0) is 4.79 Å². The highest BCUT2D eigenvalue weighted by Crippen LogP contribution is 2.58. The third kappa shape index (κ3) is 2.13. The van der Waals surface area contributed by atoms with Gasteiger partial charge in [0.05, 0.1) is 0 Å². The molecule has 100 valence electrons. The van der Waals surface area contributed by atoms with E-state index in [1.165, 1.54) is 36.8 Å². The van der Waals surface area contributed by atoms with Crippen LogP contribution in [0.25, 0.3) is 0 Å². The Morgan fingerprint density at radius 2 is 2.17 bits per heavy atom. The second-order valence-corrected chi connectivity index (χ2v) is 6.46. The molecule has 0 bridgehead atoms. The maximum absolute atomic E-state index is 10.8. The third-order valence-corrected chi connectivity index (χ3v) is 4.99. The fourth-order valence-corrected chi connectivity index (χ4v) is 4.22. The van der Waals surface area contributed by atoms with Crippen molar-refractivity contribution in [2.75, 3.05) is 0 Å². The standard InChI is InChI=1S/C16H25NO/c1-11(2)15(17-10-18)13-7-9-16(4)8-5-6-12(3)14(13)16/h10,13-14H,3,5-9H2,1-2,4H3,(H,17,18). The Kier molecular flexibility index (Phi) is 3.65. The van der Waals surface area contributed by atoms with Gasteiger partial charge in [-0.1, -0.05) is 24.6 Å². The SMILES string of the molecule is C=C1CCCC2(C)CCC(C(NC=O)=C(C)C)C12. The van der Waals surface area contributed by atoms with E-state index in [2.05, 4.69) is 32.7 Å². The topological polar surface area (TPSA) is 29.1 Å². The first-order valence-corrected chi connectivity index (χ1v) is 7.05. The molecule has 0 aliphatic heterocycles. The molecule has 2 saturated carbocycles. The molecule has 1 amide bonds. The molecule has 0 saturated heterocycles. The van der Waals surface area contributed by atoms with Crippen LogP contribution in [-0.4, -0.2) is 6.41 Å². The molecule has 2 nitrogen and oxygen atoms in total. The summed E-state index contributed by atoms with van der Waals surface area (Å²) in [5, 5.41) is 2.95. The summed E-state index contributed by atoms with van der Waals surface area (Å²) < 4.78 is 0. The minimum absolute atomic E-state index is 0.408. The number of nitrogens with one attached hydrogen (secondary N) is 1. The predicted molar refractivity (Wildman–Crippen MR) is 74.9 cm³/mol. The van der Waals surface area contributed by atoms with Crippen LogP contribution in [0, 0.1) is 17.3 Å². The first-order chi connectivity index (χ1) is 8.49. The van der Waals surface area contributed by atoms with Gasteiger partial charge >= 0.3 is 0 Å². The average Bonchev–Trinajstić information content (AvgIpc) is 2.64. The molecule has 0 aromatic rings. The Hall–Kier alpha value is -1.05. The van der Waals surface area contributed by atoms with Gasteiger partial charge in [0.1, 0.15) is 0 Å². The van der Waals surface area contributed by atoms with Gasteiger partial charge in [-0.15, -0.1) is 0 Å². The largest absolute Gasteiger partial charge is 0.332 e. The van der Waals surface area contributed by atoms with E-state index in [1.54, 1.807) is 0 Å². The molecule has 3 atom stereocenters. The van der Waals surface area contributed by atoms with Crippen molar-refractivity contribution in [3.05, 3.63) is 23.4 Å². The molecule has 2 rings (SSSR count). The van der Waals surface area contributed by atoms with Crippen molar-refractivity contribution in [1.82, 2.24) is 5.32 Å². The number of fused-ring (bicyclic) bond motifs is 1. The van der Waals surface area contributed by atoms with Crippen LogP contribution >= 0.6 is 0 Å². The van der Waals surface area contributed by atoms with E-state index >= 15 is 0 Å². The summed E-state index contributed by atoms with van der Waals surface area (Å²) in [6.07, 6.45) is 7.02. The third-order valence-electron chi connectivity index (χ3n) is 4.99. The highest BCUT2D eigenvalue weighted by Gasteiger charge is 2.48. The lowest BCUT2D eigenvalue weighted by Gasteiger charge is -2.40. The van der Waals surface area contributed by atoms with E-state index in [0.717, 1.165) is 18.5 Å². The van der Waals surface area contributed by atoms with Crippen molar-refractivity contribution in [3.8, 4) is 0 Å². The molecule has 0 radical (unpaired) electrons. The van der Waals surface area contributed by atoms with Crippen molar-refractivity contribution in [2.24, 2.45) is 17.3 Å². The maximum atomic E-state index is 10.8. The molecule has 2 aliphatic rings. The van der Waals surface area contributed by atoms with Gasteiger partial charge in [-0.2, -0.15) is 0 Å². The van der Waals surface area contributed by atoms with Crippen LogP contribution in [0.4, 0.5) is 0 Å². The molecule has 1 N–H and O–H groups in total. The predicted octanol–water partition coefficient (Wildman–Crippen LogP) is 3.80. The second-order valence-electron chi connectivity index (χ2n) is 6.46. The number of carbonyl (C=O) groups is 1. The van der Waals surface area contributed by atoms with Gasteiger partial charge in [0.25, 0.3) is 0 Å². The normalized spacial score (nSPS) is 34.9. The quantitative estimate of drug-likeness (QED) is 0.596. The van der Waals surface area contributed by atoms with Crippen LogP contribution < -0.4 is 5.32 Å². The van der Waals surface area contributed by atoms with Gasteiger partial charge in [0, 0.05) is 11.6 Å². The summed E-state index contributed by atoms with van der Waals surface area (Å²) >= 11 is 0. The monoisotopic (exact) mass is 247 g/mol. The molecule has 0 heterocycles. The van der Waals surface area contributed by atoms with Gasteiger partial charge in [0.15, 0.2) is 0 Å². The summed E-state index contributed by atoms with van der Waals surface area (Å²) in [6.45, 7) is 10.9. The first kappa shape index (κ1) is 13.4. The van der Waals surface area contributed by atoms with Crippen molar-refractivity contribution in [3.63, 3.8) is 0 Å². The Balaban J connectivity index is 2.32. The molecule has 3 unspecified atom stereocenters. The lowest BCUT2D eigenvalue weighted by molar-refractivity contribution is -0.109. The van der Waals surface area contributed by atoms with Crippen molar-refractivity contribution < 1.29 is 4.79 Å². The van der Waals surface area contributed by atoms with Gasteiger partial charge in [-0.05, 0) is 57.3 Å². The molecule has 0 spiro atoms.